The highest BCUT2D eigenvalue weighted by Gasteiger charge is 2.18. The van der Waals surface area contributed by atoms with Crippen molar-refractivity contribution in [1.82, 2.24) is 5.32 Å². The Morgan fingerprint density at radius 3 is 0.975 bits per heavy atom. The molecule has 0 heterocycles. The number of unbranched alkanes of at least 4 members (excludes halogenated alkanes) is 28. The van der Waals surface area contributed by atoms with Crippen LogP contribution in [0.1, 0.15) is 206 Å². The molecule has 0 aromatic carbocycles. The first-order valence-corrected chi connectivity index (χ1v) is 18.2. The second-order valence-corrected chi connectivity index (χ2v) is 12.7. The number of carbonyl (C=O) groups excluding carboxylic acids is 1. The van der Waals surface area contributed by atoms with Crippen LogP contribution in [-0.4, -0.2) is 34.9 Å². The van der Waals surface area contributed by atoms with E-state index in [1.807, 2.05) is 0 Å². The van der Waals surface area contributed by atoms with E-state index in [0.29, 0.717) is 6.42 Å². The third-order valence-corrected chi connectivity index (χ3v) is 8.65. The van der Waals surface area contributed by atoms with E-state index in [1.165, 1.54) is 180 Å². The molecule has 1 amide bonds. The van der Waals surface area contributed by atoms with E-state index in [9.17, 15) is 15.0 Å². The first-order chi connectivity index (χ1) is 19.6. The molecule has 0 saturated heterocycles. The summed E-state index contributed by atoms with van der Waals surface area (Å²) in [5, 5.41) is 22.0. The van der Waals surface area contributed by atoms with Gasteiger partial charge < -0.3 is 15.5 Å². The number of nitrogens with one attached hydrogen (secondary N) is 1. The molecular weight excluding hydrogens is 494 g/mol. The lowest BCUT2D eigenvalue weighted by Gasteiger charge is -2.21. The van der Waals surface area contributed by atoms with Gasteiger partial charge in [-0.3, -0.25) is 4.79 Å². The number of aliphatic hydroxyl groups is 2. The highest BCUT2D eigenvalue weighted by molar-refractivity contribution is 5.73. The molecule has 0 spiro atoms. The smallest absolute Gasteiger partial charge is 0.217 e. The van der Waals surface area contributed by atoms with E-state index in [4.69, 9.17) is 0 Å². The quantitative estimate of drug-likeness (QED) is 0.0691. The van der Waals surface area contributed by atoms with Gasteiger partial charge in [0.25, 0.3) is 0 Å². The summed E-state index contributed by atoms with van der Waals surface area (Å²) in [6, 6.07) is -0.531. The third kappa shape index (κ3) is 30.4. The molecule has 2 atom stereocenters. The minimum atomic E-state index is -0.650. The van der Waals surface area contributed by atoms with Gasteiger partial charge in [0.15, 0.2) is 0 Å². The summed E-state index contributed by atoms with van der Waals surface area (Å²) in [4.78, 5) is 11.1. The Morgan fingerprint density at radius 2 is 0.750 bits per heavy atom. The summed E-state index contributed by atoms with van der Waals surface area (Å²) < 4.78 is 0. The van der Waals surface area contributed by atoms with Gasteiger partial charge in [0.1, 0.15) is 0 Å². The van der Waals surface area contributed by atoms with Crippen LogP contribution in [0.2, 0.25) is 0 Å². The number of hydrogen-bond acceptors (Lipinski definition) is 3. The lowest BCUT2D eigenvalue weighted by atomic mass is 10.0. The Balaban J connectivity index is 3.16. The summed E-state index contributed by atoms with van der Waals surface area (Å²) in [5.74, 6) is -0.205. The van der Waals surface area contributed by atoms with Gasteiger partial charge in [-0.15, -0.1) is 0 Å². The molecule has 4 heteroatoms. The molecule has 240 valence electrons. The van der Waals surface area contributed by atoms with Gasteiger partial charge in [0.05, 0.1) is 18.8 Å². The second-order valence-electron chi connectivity index (χ2n) is 12.7. The molecule has 40 heavy (non-hydrogen) atoms. The molecule has 2 unspecified atom stereocenters. The van der Waals surface area contributed by atoms with Gasteiger partial charge in [-0.2, -0.15) is 0 Å². The number of rotatable bonds is 33. The Kier molecular flexibility index (Phi) is 32.4. The van der Waals surface area contributed by atoms with Crippen LogP contribution in [0.15, 0.2) is 0 Å². The topological polar surface area (TPSA) is 69.6 Å². The molecule has 0 aliphatic rings. The minimum absolute atomic E-state index is 0.205. The highest BCUT2D eigenvalue weighted by Crippen LogP contribution is 2.17. The number of hydrogen-bond donors (Lipinski definition) is 3. The maximum atomic E-state index is 11.1. The fourth-order valence-corrected chi connectivity index (χ4v) is 5.93. The molecule has 0 aliphatic carbocycles. The van der Waals surface area contributed by atoms with Gasteiger partial charge in [-0.05, 0) is 6.42 Å². The van der Waals surface area contributed by atoms with E-state index in [1.54, 1.807) is 0 Å². The zero-order chi connectivity index (χ0) is 29.4. The van der Waals surface area contributed by atoms with E-state index in [2.05, 4.69) is 12.2 Å². The molecule has 0 fully saturated rings. The fourth-order valence-electron chi connectivity index (χ4n) is 5.93. The average Bonchev–Trinajstić information content (AvgIpc) is 2.94. The van der Waals surface area contributed by atoms with Crippen LogP contribution in [0, 0.1) is 0 Å². The van der Waals surface area contributed by atoms with Crippen molar-refractivity contribution < 1.29 is 15.0 Å². The van der Waals surface area contributed by atoms with Crippen LogP contribution in [0.4, 0.5) is 0 Å². The monoisotopic (exact) mass is 568 g/mol. The van der Waals surface area contributed by atoms with Crippen molar-refractivity contribution in [3.63, 3.8) is 0 Å². The maximum absolute atomic E-state index is 11.1. The van der Waals surface area contributed by atoms with Crippen LogP contribution in [0.3, 0.4) is 0 Å². The highest BCUT2D eigenvalue weighted by atomic mass is 16.3. The fraction of sp³-hybridized carbons (Fsp3) is 0.972. The molecule has 0 rings (SSSR count). The summed E-state index contributed by atoms with van der Waals surface area (Å²) in [6.07, 6.45) is 40.5. The second kappa shape index (κ2) is 32.9. The maximum Gasteiger partial charge on any atom is 0.217 e. The SMILES string of the molecule is CCCCCCCCCCCCCCCCCCCCCCCCCCCCCCCC(O)C(CO)NC(C)=O. The number of carbonyl (C=O) groups is 1. The lowest BCUT2D eigenvalue weighted by molar-refractivity contribution is -0.121. The predicted octanol–water partition coefficient (Wildman–Crippen LogP) is 10.6. The molecule has 3 N–H and O–H groups in total. The summed E-state index contributed by atoms with van der Waals surface area (Å²) >= 11 is 0. The lowest BCUT2D eigenvalue weighted by Crippen LogP contribution is -2.44. The predicted molar refractivity (Wildman–Crippen MR) is 175 cm³/mol. The van der Waals surface area contributed by atoms with Crippen molar-refractivity contribution in [2.45, 2.75) is 219 Å². The summed E-state index contributed by atoms with van der Waals surface area (Å²) in [6.45, 7) is 3.50. The Hall–Kier alpha value is -0.610. The number of amides is 1. The van der Waals surface area contributed by atoms with Crippen molar-refractivity contribution in [2.75, 3.05) is 6.61 Å². The van der Waals surface area contributed by atoms with Gasteiger partial charge in [0, 0.05) is 6.92 Å². The van der Waals surface area contributed by atoms with E-state index in [-0.39, 0.29) is 12.5 Å². The van der Waals surface area contributed by atoms with Crippen molar-refractivity contribution >= 4 is 5.91 Å². The van der Waals surface area contributed by atoms with Gasteiger partial charge in [0.2, 0.25) is 5.91 Å². The van der Waals surface area contributed by atoms with E-state index >= 15 is 0 Å². The molecule has 0 bridgehead atoms. The molecule has 4 nitrogen and oxygen atoms in total. The van der Waals surface area contributed by atoms with Crippen molar-refractivity contribution in [3.8, 4) is 0 Å². The molecular formula is C36H73NO3. The van der Waals surface area contributed by atoms with Crippen molar-refractivity contribution in [2.24, 2.45) is 0 Å². The van der Waals surface area contributed by atoms with Crippen molar-refractivity contribution in [1.29, 1.82) is 0 Å². The molecule has 0 aliphatic heterocycles. The van der Waals surface area contributed by atoms with Crippen LogP contribution in [-0.2, 0) is 4.79 Å². The number of aliphatic hydroxyl groups excluding tert-OH is 2. The molecule has 0 saturated carbocycles. The van der Waals surface area contributed by atoms with E-state index < -0.39 is 12.1 Å². The van der Waals surface area contributed by atoms with Crippen molar-refractivity contribution in [3.05, 3.63) is 0 Å². The van der Waals surface area contributed by atoms with E-state index in [0.717, 1.165) is 12.8 Å². The molecule has 0 aromatic rings. The zero-order valence-corrected chi connectivity index (χ0v) is 27.4. The van der Waals surface area contributed by atoms with Gasteiger partial charge in [-0.25, -0.2) is 0 Å². The standard InChI is InChI=1S/C36H73NO3/c1-3-4-5-6-7-8-9-10-11-12-13-14-15-16-17-18-19-20-21-22-23-24-25-26-27-28-29-30-31-32-36(40)35(33-38)37-34(2)39/h35-36,38,40H,3-33H2,1-2H3,(H,37,39). The Labute approximate surface area is 251 Å². The molecule has 0 aromatic heterocycles. The minimum Gasteiger partial charge on any atom is -0.394 e. The van der Waals surface area contributed by atoms with Crippen LogP contribution in [0.5, 0.6) is 0 Å². The normalized spacial score (nSPS) is 13.0. The Bertz CT molecular complexity index is 498. The largest absolute Gasteiger partial charge is 0.394 e. The van der Waals surface area contributed by atoms with Crippen LogP contribution >= 0.6 is 0 Å². The third-order valence-electron chi connectivity index (χ3n) is 8.65. The zero-order valence-electron chi connectivity index (χ0n) is 27.4. The average molecular weight is 568 g/mol. The van der Waals surface area contributed by atoms with Gasteiger partial charge >= 0.3 is 0 Å². The van der Waals surface area contributed by atoms with Crippen LogP contribution in [0.25, 0.3) is 0 Å². The summed E-state index contributed by atoms with van der Waals surface area (Å²) in [5.41, 5.74) is 0. The van der Waals surface area contributed by atoms with Crippen LogP contribution < -0.4 is 5.32 Å². The Morgan fingerprint density at radius 1 is 0.500 bits per heavy atom. The first kappa shape index (κ1) is 39.4. The molecule has 0 radical (unpaired) electrons. The first-order valence-electron chi connectivity index (χ1n) is 18.2. The van der Waals surface area contributed by atoms with Gasteiger partial charge in [-0.1, -0.05) is 193 Å². The summed E-state index contributed by atoms with van der Waals surface area (Å²) in [7, 11) is 0.